The van der Waals surface area contributed by atoms with Gasteiger partial charge in [0.2, 0.25) is 0 Å². The summed E-state index contributed by atoms with van der Waals surface area (Å²) in [6.07, 6.45) is -4.64. The van der Waals surface area contributed by atoms with Crippen molar-refractivity contribution < 1.29 is 27.8 Å². The summed E-state index contributed by atoms with van der Waals surface area (Å²) < 4.78 is 42.9. The molecule has 0 bridgehead atoms. The standard InChI is InChI=1S/C12H12ClF3O3/c1-6(11(17)18)3-7-4-8(12(14,15)16)5-9(13)10(7)19-2/h4-6H,3H2,1-2H3,(H,17,18). The molecule has 19 heavy (non-hydrogen) atoms. The molecule has 0 saturated carbocycles. The first-order chi connectivity index (χ1) is 8.66. The van der Waals surface area contributed by atoms with Crippen molar-refractivity contribution in [1.29, 1.82) is 0 Å². The number of ether oxygens (including phenoxy) is 1. The molecule has 0 aliphatic heterocycles. The molecule has 7 heteroatoms. The fraction of sp³-hybridized carbons (Fsp3) is 0.417. The molecule has 1 aromatic rings. The number of methoxy groups -OCH3 is 1. The second-order valence-electron chi connectivity index (χ2n) is 4.09. The van der Waals surface area contributed by atoms with Crippen LogP contribution in [0.15, 0.2) is 12.1 Å². The Bertz CT molecular complexity index is 486. The topological polar surface area (TPSA) is 46.5 Å². The summed E-state index contributed by atoms with van der Waals surface area (Å²) in [6, 6.07) is 1.62. The number of carboxylic acid groups (broad SMARTS) is 1. The molecule has 0 aromatic heterocycles. The van der Waals surface area contributed by atoms with E-state index in [1.54, 1.807) is 0 Å². The predicted molar refractivity (Wildman–Crippen MR) is 63.5 cm³/mol. The second-order valence-corrected chi connectivity index (χ2v) is 4.50. The van der Waals surface area contributed by atoms with Crippen LogP contribution in [0, 0.1) is 5.92 Å². The van der Waals surface area contributed by atoms with Crippen LogP contribution < -0.4 is 4.74 Å². The molecule has 1 atom stereocenters. The molecule has 0 heterocycles. The molecule has 0 amide bonds. The maximum Gasteiger partial charge on any atom is 0.416 e. The van der Waals surface area contributed by atoms with Gasteiger partial charge in [0.1, 0.15) is 5.75 Å². The lowest BCUT2D eigenvalue weighted by atomic mass is 9.98. The fourth-order valence-electron chi connectivity index (χ4n) is 1.61. The summed E-state index contributed by atoms with van der Waals surface area (Å²) in [4.78, 5) is 10.8. The van der Waals surface area contributed by atoms with Gasteiger partial charge in [-0.25, -0.2) is 0 Å². The summed E-state index contributed by atoms with van der Waals surface area (Å²) in [7, 11) is 1.27. The highest BCUT2D eigenvalue weighted by molar-refractivity contribution is 6.32. The van der Waals surface area contributed by atoms with E-state index < -0.39 is 23.6 Å². The Morgan fingerprint density at radius 3 is 2.47 bits per heavy atom. The molecular weight excluding hydrogens is 285 g/mol. The zero-order valence-electron chi connectivity index (χ0n) is 10.2. The van der Waals surface area contributed by atoms with Crippen LogP contribution in [0.4, 0.5) is 13.2 Å². The molecule has 1 unspecified atom stereocenters. The van der Waals surface area contributed by atoms with Gasteiger partial charge in [0, 0.05) is 0 Å². The van der Waals surface area contributed by atoms with E-state index >= 15 is 0 Å². The van der Waals surface area contributed by atoms with Crippen LogP contribution in [0.2, 0.25) is 5.02 Å². The molecular formula is C12H12ClF3O3. The van der Waals surface area contributed by atoms with E-state index in [2.05, 4.69) is 0 Å². The number of rotatable bonds is 4. The van der Waals surface area contributed by atoms with Crippen molar-refractivity contribution in [2.24, 2.45) is 5.92 Å². The predicted octanol–water partition coefficient (Wildman–Crippen LogP) is 3.63. The Morgan fingerprint density at radius 1 is 1.47 bits per heavy atom. The number of aliphatic carboxylic acids is 1. The third kappa shape index (κ3) is 3.76. The monoisotopic (exact) mass is 296 g/mol. The van der Waals surface area contributed by atoms with Crippen LogP contribution >= 0.6 is 11.6 Å². The molecule has 0 fully saturated rings. The summed E-state index contributed by atoms with van der Waals surface area (Å²) >= 11 is 5.73. The highest BCUT2D eigenvalue weighted by Gasteiger charge is 2.32. The maximum absolute atomic E-state index is 12.7. The summed E-state index contributed by atoms with van der Waals surface area (Å²) in [6.45, 7) is 1.40. The van der Waals surface area contributed by atoms with Crippen LogP contribution in [0.3, 0.4) is 0 Å². The first-order valence-electron chi connectivity index (χ1n) is 5.33. The number of alkyl halides is 3. The highest BCUT2D eigenvalue weighted by Crippen LogP contribution is 2.38. The molecule has 1 N–H and O–H groups in total. The quantitative estimate of drug-likeness (QED) is 0.923. The minimum absolute atomic E-state index is 0.0720. The Kier molecular flexibility index (Phi) is 4.68. The minimum Gasteiger partial charge on any atom is -0.495 e. The van der Waals surface area contributed by atoms with Gasteiger partial charge in [-0.3, -0.25) is 4.79 Å². The van der Waals surface area contributed by atoms with Gasteiger partial charge in [0.25, 0.3) is 0 Å². The smallest absolute Gasteiger partial charge is 0.416 e. The van der Waals surface area contributed by atoms with E-state index in [9.17, 15) is 18.0 Å². The lowest BCUT2D eigenvalue weighted by Crippen LogP contribution is -2.14. The molecule has 0 spiro atoms. The minimum atomic E-state index is -4.54. The third-order valence-electron chi connectivity index (χ3n) is 2.60. The van der Waals surface area contributed by atoms with Crippen molar-refractivity contribution in [2.75, 3.05) is 7.11 Å². The lowest BCUT2D eigenvalue weighted by Gasteiger charge is -2.16. The first-order valence-corrected chi connectivity index (χ1v) is 5.71. The SMILES string of the molecule is COc1c(Cl)cc(C(F)(F)F)cc1CC(C)C(=O)O. The summed E-state index contributed by atoms with van der Waals surface area (Å²) in [5.74, 6) is -1.87. The number of hydrogen-bond donors (Lipinski definition) is 1. The largest absolute Gasteiger partial charge is 0.495 e. The van der Waals surface area contributed by atoms with Crippen LogP contribution in [0.1, 0.15) is 18.1 Å². The van der Waals surface area contributed by atoms with E-state index in [4.69, 9.17) is 21.4 Å². The van der Waals surface area contributed by atoms with E-state index in [1.165, 1.54) is 14.0 Å². The van der Waals surface area contributed by atoms with Gasteiger partial charge in [-0.05, 0) is 24.1 Å². The van der Waals surface area contributed by atoms with Gasteiger partial charge in [0.05, 0.1) is 23.6 Å². The van der Waals surface area contributed by atoms with E-state index in [0.29, 0.717) is 0 Å². The van der Waals surface area contributed by atoms with Crippen molar-refractivity contribution in [1.82, 2.24) is 0 Å². The number of carbonyl (C=O) groups is 1. The van der Waals surface area contributed by atoms with Gasteiger partial charge in [-0.2, -0.15) is 13.2 Å². The fourth-order valence-corrected chi connectivity index (χ4v) is 1.93. The Morgan fingerprint density at radius 2 is 2.05 bits per heavy atom. The van der Waals surface area contributed by atoms with Gasteiger partial charge >= 0.3 is 12.1 Å². The molecule has 0 aliphatic rings. The van der Waals surface area contributed by atoms with Crippen LogP contribution in [0.25, 0.3) is 0 Å². The number of benzene rings is 1. The lowest BCUT2D eigenvalue weighted by molar-refractivity contribution is -0.141. The number of carboxylic acids is 1. The molecule has 1 aromatic carbocycles. The zero-order chi connectivity index (χ0) is 14.8. The first kappa shape index (κ1) is 15.6. The third-order valence-corrected chi connectivity index (χ3v) is 2.88. The van der Waals surface area contributed by atoms with Crippen molar-refractivity contribution in [2.45, 2.75) is 19.5 Å². The second kappa shape index (κ2) is 5.69. The van der Waals surface area contributed by atoms with Crippen LogP contribution in [-0.4, -0.2) is 18.2 Å². The van der Waals surface area contributed by atoms with Gasteiger partial charge < -0.3 is 9.84 Å². The molecule has 0 aliphatic carbocycles. The summed E-state index contributed by atoms with van der Waals surface area (Å²) in [5.41, 5.74) is -0.803. The molecule has 0 radical (unpaired) electrons. The van der Waals surface area contributed by atoms with Crippen molar-refractivity contribution >= 4 is 17.6 Å². The summed E-state index contributed by atoms with van der Waals surface area (Å²) in [5, 5.41) is 8.62. The van der Waals surface area contributed by atoms with Crippen molar-refractivity contribution in [3.05, 3.63) is 28.3 Å². The zero-order valence-corrected chi connectivity index (χ0v) is 11.0. The van der Waals surface area contributed by atoms with E-state index in [0.717, 1.165) is 12.1 Å². The number of halogens is 4. The average Bonchev–Trinajstić information content (AvgIpc) is 2.27. The molecule has 3 nitrogen and oxygen atoms in total. The van der Waals surface area contributed by atoms with Crippen molar-refractivity contribution in [3.63, 3.8) is 0 Å². The van der Waals surface area contributed by atoms with Gasteiger partial charge in [-0.15, -0.1) is 0 Å². The van der Waals surface area contributed by atoms with E-state index in [-0.39, 0.29) is 22.8 Å². The van der Waals surface area contributed by atoms with Gasteiger partial charge in [-0.1, -0.05) is 18.5 Å². The Balaban J connectivity index is 3.27. The Labute approximate surface area is 112 Å². The maximum atomic E-state index is 12.7. The normalized spacial score (nSPS) is 13.2. The van der Waals surface area contributed by atoms with Crippen LogP contribution in [0.5, 0.6) is 5.75 Å². The molecule has 106 valence electrons. The molecule has 1 rings (SSSR count). The molecule has 0 saturated heterocycles. The highest BCUT2D eigenvalue weighted by atomic mass is 35.5. The number of hydrogen-bond acceptors (Lipinski definition) is 2. The van der Waals surface area contributed by atoms with Crippen molar-refractivity contribution in [3.8, 4) is 5.75 Å². The van der Waals surface area contributed by atoms with Gasteiger partial charge in [0.15, 0.2) is 0 Å². The Hall–Kier alpha value is -1.43. The average molecular weight is 297 g/mol. The van der Waals surface area contributed by atoms with E-state index in [1.807, 2.05) is 0 Å². The van der Waals surface area contributed by atoms with Crippen LogP contribution in [-0.2, 0) is 17.4 Å².